The molecule has 1 aliphatic carbocycles. The number of aliphatic hydroxyl groups is 1. The van der Waals surface area contributed by atoms with Crippen LogP contribution in [0.25, 0.3) is 0 Å². The average Bonchev–Trinajstić information content (AvgIpc) is 1.99. The van der Waals surface area contributed by atoms with Gasteiger partial charge >= 0.3 is 0 Å². The first-order chi connectivity index (χ1) is 6.60. The molecule has 0 aliphatic heterocycles. The highest BCUT2D eigenvalue weighted by Gasteiger charge is 2.38. The summed E-state index contributed by atoms with van der Waals surface area (Å²) in [6.07, 6.45) is 3.20. The van der Waals surface area contributed by atoms with E-state index >= 15 is 0 Å². The van der Waals surface area contributed by atoms with Crippen LogP contribution in [0, 0.1) is 22.7 Å². The summed E-state index contributed by atoms with van der Waals surface area (Å²) in [4.78, 5) is 0. The number of aliphatic hydroxyl groups excluding tert-OH is 1. The monoisotopic (exact) mass is 212 g/mol. The van der Waals surface area contributed by atoms with E-state index in [1.54, 1.807) is 0 Å². The minimum atomic E-state index is -0.0767. The van der Waals surface area contributed by atoms with Gasteiger partial charge in [-0.2, -0.15) is 0 Å². The molecule has 1 nitrogen and oxygen atoms in total. The molecule has 0 heterocycles. The van der Waals surface area contributed by atoms with Crippen molar-refractivity contribution in [3.05, 3.63) is 0 Å². The summed E-state index contributed by atoms with van der Waals surface area (Å²) in [5.74, 6) is 1.34. The average molecular weight is 212 g/mol. The Hall–Kier alpha value is -0.0400. The van der Waals surface area contributed by atoms with Gasteiger partial charge in [-0.15, -0.1) is 0 Å². The van der Waals surface area contributed by atoms with Gasteiger partial charge in [0.2, 0.25) is 0 Å². The molecule has 0 bridgehead atoms. The van der Waals surface area contributed by atoms with Crippen molar-refractivity contribution in [2.75, 3.05) is 0 Å². The molecule has 1 heteroatoms. The first-order valence-corrected chi connectivity index (χ1v) is 6.29. The summed E-state index contributed by atoms with van der Waals surface area (Å²) in [6, 6.07) is 0. The van der Waals surface area contributed by atoms with E-state index in [1.807, 2.05) is 0 Å². The third kappa shape index (κ3) is 3.48. The molecule has 0 aromatic carbocycles. The zero-order valence-electron chi connectivity index (χ0n) is 11.3. The maximum Gasteiger partial charge on any atom is 0.0546 e. The first-order valence-electron chi connectivity index (χ1n) is 6.29. The molecule has 15 heavy (non-hydrogen) atoms. The third-order valence-corrected chi connectivity index (χ3v) is 4.13. The van der Waals surface area contributed by atoms with Gasteiger partial charge in [-0.25, -0.2) is 0 Å². The van der Waals surface area contributed by atoms with Crippen molar-refractivity contribution >= 4 is 0 Å². The predicted octanol–water partition coefficient (Wildman–Crippen LogP) is 3.86. The van der Waals surface area contributed by atoms with E-state index < -0.39 is 0 Å². The minimum absolute atomic E-state index is 0.0767. The first kappa shape index (κ1) is 13.0. The molecule has 2 unspecified atom stereocenters. The van der Waals surface area contributed by atoms with Crippen molar-refractivity contribution in [1.82, 2.24) is 0 Å². The highest BCUT2D eigenvalue weighted by molar-refractivity contribution is 4.89. The lowest BCUT2D eigenvalue weighted by Gasteiger charge is -2.44. The minimum Gasteiger partial charge on any atom is -0.393 e. The van der Waals surface area contributed by atoms with Gasteiger partial charge < -0.3 is 5.11 Å². The lowest BCUT2D eigenvalue weighted by Crippen LogP contribution is -2.38. The van der Waals surface area contributed by atoms with Gasteiger partial charge in [-0.3, -0.25) is 0 Å². The van der Waals surface area contributed by atoms with E-state index in [0.717, 1.165) is 12.8 Å². The molecule has 2 atom stereocenters. The summed E-state index contributed by atoms with van der Waals surface area (Å²) in [5, 5.41) is 9.98. The summed E-state index contributed by atoms with van der Waals surface area (Å²) >= 11 is 0. The zero-order valence-corrected chi connectivity index (χ0v) is 11.3. The topological polar surface area (TPSA) is 20.2 Å². The zero-order chi connectivity index (χ0) is 11.9. The molecule has 1 saturated carbocycles. The lowest BCUT2D eigenvalue weighted by molar-refractivity contribution is -0.00331. The molecule has 0 aromatic rings. The Morgan fingerprint density at radius 1 is 0.733 bits per heavy atom. The van der Waals surface area contributed by atoms with Gasteiger partial charge in [0.1, 0.15) is 0 Å². The van der Waals surface area contributed by atoms with Crippen LogP contribution in [0.4, 0.5) is 0 Å². The Bertz CT molecular complexity index is 184. The van der Waals surface area contributed by atoms with Crippen molar-refractivity contribution in [1.29, 1.82) is 0 Å². The van der Waals surface area contributed by atoms with Gasteiger partial charge in [0.15, 0.2) is 0 Å². The Labute approximate surface area is 95.3 Å². The number of hydrogen-bond acceptors (Lipinski definition) is 1. The van der Waals surface area contributed by atoms with Crippen LogP contribution in [-0.4, -0.2) is 11.2 Å². The Morgan fingerprint density at radius 2 is 1.07 bits per heavy atom. The van der Waals surface area contributed by atoms with E-state index in [-0.39, 0.29) is 6.10 Å². The van der Waals surface area contributed by atoms with Crippen molar-refractivity contribution < 1.29 is 5.11 Å². The van der Waals surface area contributed by atoms with Crippen LogP contribution in [0.3, 0.4) is 0 Å². The van der Waals surface area contributed by atoms with Crippen LogP contribution in [0.2, 0.25) is 0 Å². The largest absolute Gasteiger partial charge is 0.393 e. The highest BCUT2D eigenvalue weighted by Crippen LogP contribution is 2.45. The second-order valence-electron chi connectivity index (χ2n) is 7.49. The summed E-state index contributed by atoms with van der Waals surface area (Å²) in [5.41, 5.74) is 0.676. The summed E-state index contributed by atoms with van der Waals surface area (Å²) in [6.45, 7) is 13.8. The van der Waals surface area contributed by atoms with Crippen LogP contribution < -0.4 is 0 Å². The van der Waals surface area contributed by atoms with Crippen molar-refractivity contribution in [2.45, 2.75) is 66.9 Å². The van der Waals surface area contributed by atoms with Crippen LogP contribution in [-0.2, 0) is 0 Å². The fraction of sp³-hybridized carbons (Fsp3) is 1.00. The second-order valence-corrected chi connectivity index (χ2v) is 7.49. The van der Waals surface area contributed by atoms with E-state index in [2.05, 4.69) is 41.5 Å². The van der Waals surface area contributed by atoms with Crippen molar-refractivity contribution in [3.8, 4) is 0 Å². The molecular formula is C14H28O. The van der Waals surface area contributed by atoms with Crippen molar-refractivity contribution in [2.24, 2.45) is 22.7 Å². The lowest BCUT2D eigenvalue weighted by atomic mass is 9.62. The normalized spacial score (nSPS) is 34.2. The molecule has 1 fully saturated rings. The maximum atomic E-state index is 9.98. The molecule has 0 radical (unpaired) electrons. The summed E-state index contributed by atoms with van der Waals surface area (Å²) < 4.78 is 0. The highest BCUT2D eigenvalue weighted by atomic mass is 16.3. The smallest absolute Gasteiger partial charge is 0.0546 e. The van der Waals surface area contributed by atoms with E-state index in [0.29, 0.717) is 22.7 Å². The van der Waals surface area contributed by atoms with Crippen LogP contribution >= 0.6 is 0 Å². The fourth-order valence-corrected chi connectivity index (χ4v) is 2.70. The van der Waals surface area contributed by atoms with Crippen LogP contribution in [0.5, 0.6) is 0 Å². The molecule has 0 amide bonds. The van der Waals surface area contributed by atoms with Crippen LogP contribution in [0.1, 0.15) is 60.8 Å². The molecule has 90 valence electrons. The van der Waals surface area contributed by atoms with E-state index in [9.17, 15) is 5.11 Å². The Kier molecular flexibility index (Phi) is 3.55. The van der Waals surface area contributed by atoms with Gasteiger partial charge in [0.05, 0.1) is 6.10 Å². The number of hydrogen-bond donors (Lipinski definition) is 1. The van der Waals surface area contributed by atoms with E-state index in [1.165, 1.54) is 6.42 Å². The van der Waals surface area contributed by atoms with Crippen LogP contribution in [0.15, 0.2) is 0 Å². The van der Waals surface area contributed by atoms with Crippen molar-refractivity contribution in [3.63, 3.8) is 0 Å². The Morgan fingerprint density at radius 3 is 1.33 bits per heavy atom. The van der Waals surface area contributed by atoms with Gasteiger partial charge in [-0.05, 0) is 41.9 Å². The maximum absolute atomic E-state index is 9.98. The van der Waals surface area contributed by atoms with Gasteiger partial charge in [-0.1, -0.05) is 41.5 Å². The number of rotatable bonds is 0. The predicted molar refractivity (Wildman–Crippen MR) is 65.7 cm³/mol. The molecule has 0 spiro atoms. The van der Waals surface area contributed by atoms with E-state index in [4.69, 9.17) is 0 Å². The quantitative estimate of drug-likeness (QED) is 0.646. The molecule has 1 aliphatic rings. The SMILES string of the molecule is CC(C)(C)C1CC(O)CC(C(C)(C)C)C1. The molecule has 1 N–H and O–H groups in total. The molecular weight excluding hydrogens is 184 g/mol. The van der Waals surface area contributed by atoms with Gasteiger partial charge in [0.25, 0.3) is 0 Å². The van der Waals surface area contributed by atoms with Gasteiger partial charge in [0, 0.05) is 0 Å². The molecule has 0 saturated heterocycles. The standard InChI is InChI=1S/C14H28O/c1-13(2,3)10-7-11(14(4,5)6)9-12(15)8-10/h10-12,15H,7-9H2,1-6H3. The third-order valence-electron chi connectivity index (χ3n) is 4.13. The second kappa shape index (κ2) is 4.08. The molecule has 1 rings (SSSR count). The Balaban J connectivity index is 2.73. The fourth-order valence-electron chi connectivity index (χ4n) is 2.70. The summed E-state index contributed by atoms with van der Waals surface area (Å²) in [7, 11) is 0. The molecule has 0 aromatic heterocycles.